The highest BCUT2D eigenvalue weighted by Gasteiger charge is 2.18. The third-order valence-corrected chi connectivity index (χ3v) is 4.96. The van der Waals surface area contributed by atoms with E-state index in [0.717, 1.165) is 29.6 Å². The molecule has 0 aliphatic heterocycles. The molecule has 0 radical (unpaired) electrons. The molecule has 2 aromatic rings. The van der Waals surface area contributed by atoms with Crippen molar-refractivity contribution in [2.45, 2.75) is 20.3 Å². The van der Waals surface area contributed by atoms with E-state index < -0.39 is 0 Å². The van der Waals surface area contributed by atoms with Crippen LogP contribution in [0.1, 0.15) is 28.5 Å². The zero-order valence-corrected chi connectivity index (χ0v) is 13.8. The molecule has 2 rings (SSSR count). The maximum absolute atomic E-state index is 12.2. The summed E-state index contributed by atoms with van der Waals surface area (Å²) in [5.74, 6) is 0.133. The summed E-state index contributed by atoms with van der Waals surface area (Å²) < 4.78 is 0. The van der Waals surface area contributed by atoms with Gasteiger partial charge in [0.25, 0.3) is 5.91 Å². The van der Waals surface area contributed by atoms with Gasteiger partial charge in [-0.05, 0) is 13.8 Å². The van der Waals surface area contributed by atoms with Crippen molar-refractivity contribution in [2.24, 2.45) is 0 Å². The number of aromatic nitrogens is 2. The number of hydrogen-bond acceptors (Lipinski definition) is 7. The largest absolute Gasteiger partial charge is 0.382 e. The predicted molar refractivity (Wildman–Crippen MR) is 88.2 cm³/mol. The highest BCUT2D eigenvalue weighted by Crippen LogP contribution is 2.27. The Morgan fingerprint density at radius 2 is 2.19 bits per heavy atom. The van der Waals surface area contributed by atoms with Crippen LogP contribution in [-0.4, -0.2) is 35.5 Å². The molecule has 6 nitrogen and oxygen atoms in total. The number of nitrogens with two attached hydrogens (primary N) is 1. The highest BCUT2D eigenvalue weighted by molar-refractivity contribution is 7.18. The molecule has 2 heterocycles. The summed E-state index contributed by atoms with van der Waals surface area (Å²) in [5.41, 5.74) is 5.86. The third-order valence-electron chi connectivity index (χ3n) is 2.99. The van der Waals surface area contributed by atoms with E-state index in [4.69, 9.17) is 5.73 Å². The third kappa shape index (κ3) is 3.92. The molecule has 114 valence electrons. The number of nitrogen functional groups attached to an aromatic ring is 1. The average Bonchev–Trinajstić information content (AvgIpc) is 3.10. The molecular formula is C13H19N5OS2. The van der Waals surface area contributed by atoms with E-state index in [2.05, 4.69) is 34.0 Å². The first kappa shape index (κ1) is 15.7. The minimum absolute atomic E-state index is 0.167. The number of thiazole rings is 2. The van der Waals surface area contributed by atoms with E-state index >= 15 is 0 Å². The van der Waals surface area contributed by atoms with Crippen molar-refractivity contribution in [2.75, 3.05) is 30.3 Å². The van der Waals surface area contributed by atoms with Gasteiger partial charge in [-0.1, -0.05) is 11.3 Å². The number of rotatable bonds is 7. The number of carbonyl (C=O) groups excluding carboxylic acids is 1. The molecule has 0 bridgehead atoms. The second kappa shape index (κ2) is 7.37. The number of hydrogen-bond donors (Lipinski definition) is 2. The topological polar surface area (TPSA) is 84.1 Å². The van der Waals surface area contributed by atoms with Crippen LogP contribution >= 0.6 is 22.7 Å². The van der Waals surface area contributed by atoms with Crippen LogP contribution in [0.15, 0.2) is 11.6 Å². The Bertz CT molecular complexity index is 577. The van der Waals surface area contributed by atoms with Gasteiger partial charge in [0.05, 0.1) is 5.01 Å². The molecule has 0 saturated heterocycles. The molecular weight excluding hydrogens is 306 g/mol. The van der Waals surface area contributed by atoms with Crippen LogP contribution in [-0.2, 0) is 6.42 Å². The number of carbonyl (C=O) groups is 1. The van der Waals surface area contributed by atoms with Crippen LogP contribution in [0.4, 0.5) is 10.9 Å². The lowest BCUT2D eigenvalue weighted by Crippen LogP contribution is -2.25. The zero-order valence-electron chi connectivity index (χ0n) is 12.1. The average molecular weight is 325 g/mol. The van der Waals surface area contributed by atoms with E-state index in [0.29, 0.717) is 17.2 Å². The number of amides is 1. The van der Waals surface area contributed by atoms with E-state index in [-0.39, 0.29) is 5.91 Å². The molecule has 0 aliphatic rings. The fourth-order valence-electron chi connectivity index (χ4n) is 1.85. The Labute approximate surface area is 132 Å². The van der Waals surface area contributed by atoms with Gasteiger partial charge < -0.3 is 16.0 Å². The summed E-state index contributed by atoms with van der Waals surface area (Å²) >= 11 is 2.92. The molecule has 0 spiro atoms. The second-order valence-corrected chi connectivity index (χ2v) is 6.27. The summed E-state index contributed by atoms with van der Waals surface area (Å²) in [6, 6.07) is 0. The minimum atomic E-state index is -0.167. The van der Waals surface area contributed by atoms with Crippen molar-refractivity contribution in [1.29, 1.82) is 0 Å². The molecule has 3 N–H and O–H groups in total. The van der Waals surface area contributed by atoms with Crippen LogP contribution in [0, 0.1) is 0 Å². The standard InChI is InChI=1S/C13H19N5OS2/c1-3-18(4-2)13-17-11(14)10(21-13)12(19)16-6-5-9-15-7-8-20-9/h7-8H,3-6,14H2,1-2H3,(H,16,19). The predicted octanol–water partition coefficient (Wildman–Crippen LogP) is 2.00. The lowest BCUT2D eigenvalue weighted by Gasteiger charge is -2.16. The van der Waals surface area contributed by atoms with E-state index in [9.17, 15) is 4.79 Å². The lowest BCUT2D eigenvalue weighted by atomic mass is 10.4. The SMILES string of the molecule is CCN(CC)c1nc(N)c(C(=O)NCCc2nccs2)s1. The summed E-state index contributed by atoms with van der Waals surface area (Å²) in [6.45, 7) is 6.33. The highest BCUT2D eigenvalue weighted by atomic mass is 32.1. The molecule has 21 heavy (non-hydrogen) atoms. The Morgan fingerprint density at radius 1 is 1.43 bits per heavy atom. The van der Waals surface area contributed by atoms with Crippen molar-refractivity contribution >= 4 is 39.5 Å². The minimum Gasteiger partial charge on any atom is -0.382 e. The van der Waals surface area contributed by atoms with Crippen LogP contribution in [0.5, 0.6) is 0 Å². The van der Waals surface area contributed by atoms with Gasteiger partial charge in [0.2, 0.25) is 0 Å². The zero-order chi connectivity index (χ0) is 15.2. The first-order valence-corrected chi connectivity index (χ1v) is 8.53. The Kier molecular flexibility index (Phi) is 5.51. The van der Waals surface area contributed by atoms with Crippen molar-refractivity contribution < 1.29 is 4.79 Å². The number of nitrogens with zero attached hydrogens (tertiary/aromatic N) is 3. The molecule has 0 unspecified atom stereocenters. The normalized spacial score (nSPS) is 10.6. The first-order valence-electron chi connectivity index (χ1n) is 6.83. The molecule has 0 aromatic carbocycles. The van der Waals surface area contributed by atoms with Gasteiger partial charge in [-0.15, -0.1) is 11.3 Å². The summed E-state index contributed by atoms with van der Waals surface area (Å²) in [5, 5.41) is 6.60. The lowest BCUT2D eigenvalue weighted by molar-refractivity contribution is 0.0959. The summed E-state index contributed by atoms with van der Waals surface area (Å²) in [4.78, 5) is 23.2. The number of nitrogens with one attached hydrogen (secondary N) is 1. The van der Waals surface area contributed by atoms with Crippen LogP contribution < -0.4 is 16.0 Å². The fourth-order valence-corrected chi connectivity index (χ4v) is 3.50. The molecule has 0 atom stereocenters. The molecule has 8 heteroatoms. The first-order chi connectivity index (χ1) is 10.2. The number of anilines is 2. The van der Waals surface area contributed by atoms with Gasteiger partial charge in [-0.2, -0.15) is 0 Å². The molecule has 2 aromatic heterocycles. The van der Waals surface area contributed by atoms with Crippen LogP contribution in [0.2, 0.25) is 0 Å². The molecule has 0 fully saturated rings. The fraction of sp³-hybridized carbons (Fsp3) is 0.462. The Morgan fingerprint density at radius 3 is 2.81 bits per heavy atom. The second-order valence-electron chi connectivity index (χ2n) is 4.31. The smallest absolute Gasteiger partial charge is 0.265 e. The van der Waals surface area contributed by atoms with Crippen molar-refractivity contribution in [3.05, 3.63) is 21.5 Å². The summed E-state index contributed by atoms with van der Waals surface area (Å²) in [7, 11) is 0. The van der Waals surface area contributed by atoms with Crippen molar-refractivity contribution in [1.82, 2.24) is 15.3 Å². The van der Waals surface area contributed by atoms with Gasteiger partial charge in [0.1, 0.15) is 10.7 Å². The Hall–Kier alpha value is -1.67. The monoisotopic (exact) mass is 325 g/mol. The van der Waals surface area contributed by atoms with Gasteiger partial charge >= 0.3 is 0 Å². The molecule has 1 amide bonds. The van der Waals surface area contributed by atoms with Gasteiger partial charge in [0.15, 0.2) is 5.13 Å². The van der Waals surface area contributed by atoms with Crippen molar-refractivity contribution in [3.63, 3.8) is 0 Å². The Balaban J connectivity index is 1.95. The maximum atomic E-state index is 12.2. The molecule has 0 saturated carbocycles. The van der Waals surface area contributed by atoms with Gasteiger partial charge in [-0.25, -0.2) is 9.97 Å². The summed E-state index contributed by atoms with van der Waals surface area (Å²) in [6.07, 6.45) is 2.49. The van der Waals surface area contributed by atoms with Crippen LogP contribution in [0.3, 0.4) is 0 Å². The van der Waals surface area contributed by atoms with E-state index in [1.165, 1.54) is 11.3 Å². The maximum Gasteiger partial charge on any atom is 0.265 e. The quantitative estimate of drug-likeness (QED) is 0.813. The van der Waals surface area contributed by atoms with Crippen LogP contribution in [0.25, 0.3) is 0 Å². The van der Waals surface area contributed by atoms with Crippen molar-refractivity contribution in [3.8, 4) is 0 Å². The van der Waals surface area contributed by atoms with Gasteiger partial charge in [-0.3, -0.25) is 4.79 Å². The molecule has 0 aliphatic carbocycles. The van der Waals surface area contributed by atoms with E-state index in [1.807, 2.05) is 5.38 Å². The van der Waals surface area contributed by atoms with Gasteiger partial charge in [0, 0.05) is 37.6 Å². The van der Waals surface area contributed by atoms with E-state index in [1.54, 1.807) is 17.5 Å².